The summed E-state index contributed by atoms with van der Waals surface area (Å²) in [6, 6.07) is 5.00. The molecule has 1 aliphatic heterocycles. The normalized spacial score (nSPS) is 17.3. The van der Waals surface area contributed by atoms with E-state index in [0.29, 0.717) is 12.5 Å². The molecule has 3 nitrogen and oxygen atoms in total. The van der Waals surface area contributed by atoms with Crippen LogP contribution < -0.4 is 5.73 Å². The molecular weight excluding hydrogens is 231 g/mol. The van der Waals surface area contributed by atoms with Gasteiger partial charge in [0.25, 0.3) is 0 Å². The Bertz CT molecular complexity index is 391. The number of halogens is 1. The van der Waals surface area contributed by atoms with Crippen molar-refractivity contribution in [2.45, 2.75) is 19.4 Å². The van der Waals surface area contributed by atoms with Gasteiger partial charge in [-0.2, -0.15) is 0 Å². The van der Waals surface area contributed by atoms with Gasteiger partial charge >= 0.3 is 0 Å². The van der Waals surface area contributed by atoms with Gasteiger partial charge < -0.3 is 15.4 Å². The number of rotatable bonds is 4. The molecule has 4 heteroatoms. The van der Waals surface area contributed by atoms with E-state index < -0.39 is 0 Å². The molecule has 1 fully saturated rings. The Morgan fingerprint density at radius 3 is 2.83 bits per heavy atom. The Hall–Kier alpha value is -1.13. The number of ether oxygens (including phenoxy) is 1. The van der Waals surface area contributed by atoms with Crippen LogP contribution in [0.25, 0.3) is 0 Å². The minimum atomic E-state index is -0.327. The Morgan fingerprint density at radius 2 is 2.11 bits per heavy atom. The van der Waals surface area contributed by atoms with Crippen LogP contribution in [-0.2, 0) is 11.3 Å². The maximum atomic E-state index is 13.3. The lowest BCUT2D eigenvalue weighted by Gasteiger charge is -2.27. The van der Waals surface area contributed by atoms with Gasteiger partial charge in [-0.15, -0.1) is 0 Å². The molecule has 0 radical (unpaired) electrons. The fourth-order valence-electron chi connectivity index (χ4n) is 2.44. The van der Waals surface area contributed by atoms with Gasteiger partial charge in [0, 0.05) is 26.3 Å². The second-order valence-electron chi connectivity index (χ2n) is 5.07. The van der Waals surface area contributed by atoms with Crippen LogP contribution in [0.5, 0.6) is 0 Å². The Morgan fingerprint density at radius 1 is 1.39 bits per heavy atom. The lowest BCUT2D eigenvalue weighted by Crippen LogP contribution is -2.29. The number of benzene rings is 1. The quantitative estimate of drug-likeness (QED) is 0.835. The van der Waals surface area contributed by atoms with Crippen LogP contribution in [0.15, 0.2) is 18.2 Å². The van der Waals surface area contributed by atoms with Gasteiger partial charge in [-0.05, 0) is 37.4 Å². The molecule has 100 valence electrons. The zero-order chi connectivity index (χ0) is 13.0. The Kier molecular flexibility index (Phi) is 4.55. The molecule has 18 heavy (non-hydrogen) atoms. The molecule has 0 aliphatic carbocycles. The van der Waals surface area contributed by atoms with Crippen molar-refractivity contribution in [3.63, 3.8) is 0 Å². The van der Waals surface area contributed by atoms with E-state index in [1.807, 2.05) is 6.07 Å². The van der Waals surface area contributed by atoms with E-state index in [2.05, 4.69) is 11.9 Å². The Labute approximate surface area is 108 Å². The van der Waals surface area contributed by atoms with E-state index in [4.69, 9.17) is 10.5 Å². The SMILES string of the molecule is CN(Cc1cccc(F)c1N)CC1CCOCC1. The van der Waals surface area contributed by atoms with E-state index in [1.54, 1.807) is 6.07 Å². The molecule has 0 unspecified atom stereocenters. The number of nitrogen functional groups attached to an aromatic ring is 1. The highest BCUT2D eigenvalue weighted by molar-refractivity contribution is 5.47. The molecule has 0 atom stereocenters. The maximum Gasteiger partial charge on any atom is 0.146 e. The van der Waals surface area contributed by atoms with Crippen LogP contribution in [0.4, 0.5) is 10.1 Å². The van der Waals surface area contributed by atoms with Crippen molar-refractivity contribution in [1.82, 2.24) is 4.90 Å². The zero-order valence-electron chi connectivity index (χ0n) is 10.9. The lowest BCUT2D eigenvalue weighted by molar-refractivity contribution is 0.0550. The number of para-hydroxylation sites is 1. The fourth-order valence-corrected chi connectivity index (χ4v) is 2.44. The molecule has 1 saturated heterocycles. The summed E-state index contributed by atoms with van der Waals surface area (Å²) in [6.07, 6.45) is 2.23. The molecule has 0 spiro atoms. The summed E-state index contributed by atoms with van der Waals surface area (Å²) in [5.74, 6) is 0.352. The third-order valence-electron chi connectivity index (χ3n) is 3.49. The van der Waals surface area contributed by atoms with Gasteiger partial charge in [-0.1, -0.05) is 12.1 Å². The minimum Gasteiger partial charge on any atom is -0.396 e. The summed E-state index contributed by atoms with van der Waals surface area (Å²) in [7, 11) is 2.06. The van der Waals surface area contributed by atoms with Gasteiger partial charge in [0.1, 0.15) is 5.82 Å². The lowest BCUT2D eigenvalue weighted by atomic mass is 9.99. The number of nitrogens with zero attached hydrogens (tertiary/aromatic N) is 1. The average molecular weight is 252 g/mol. The van der Waals surface area contributed by atoms with Crippen molar-refractivity contribution in [2.75, 3.05) is 32.5 Å². The van der Waals surface area contributed by atoms with Crippen molar-refractivity contribution in [3.05, 3.63) is 29.6 Å². The van der Waals surface area contributed by atoms with Crippen LogP contribution in [0.2, 0.25) is 0 Å². The highest BCUT2D eigenvalue weighted by Crippen LogP contribution is 2.20. The molecule has 1 heterocycles. The highest BCUT2D eigenvalue weighted by atomic mass is 19.1. The third-order valence-corrected chi connectivity index (χ3v) is 3.49. The van der Waals surface area contributed by atoms with Gasteiger partial charge in [0.2, 0.25) is 0 Å². The summed E-state index contributed by atoms with van der Waals surface area (Å²) < 4.78 is 18.7. The predicted molar refractivity (Wildman–Crippen MR) is 70.7 cm³/mol. The first-order valence-corrected chi connectivity index (χ1v) is 6.46. The standard InChI is InChI=1S/C14H21FN2O/c1-17(9-11-5-7-18-8-6-11)10-12-3-2-4-13(15)14(12)16/h2-4,11H,5-10,16H2,1H3. The molecule has 0 saturated carbocycles. The van der Waals surface area contributed by atoms with Crippen molar-refractivity contribution < 1.29 is 9.13 Å². The van der Waals surface area contributed by atoms with Crippen LogP contribution >= 0.6 is 0 Å². The van der Waals surface area contributed by atoms with Gasteiger partial charge in [-0.25, -0.2) is 4.39 Å². The van der Waals surface area contributed by atoms with E-state index in [9.17, 15) is 4.39 Å². The zero-order valence-corrected chi connectivity index (χ0v) is 10.9. The first-order chi connectivity index (χ1) is 8.66. The second-order valence-corrected chi connectivity index (χ2v) is 5.07. The smallest absolute Gasteiger partial charge is 0.146 e. The monoisotopic (exact) mass is 252 g/mol. The van der Waals surface area contributed by atoms with Crippen molar-refractivity contribution >= 4 is 5.69 Å². The third kappa shape index (κ3) is 3.43. The van der Waals surface area contributed by atoms with Gasteiger partial charge in [0.05, 0.1) is 5.69 Å². The van der Waals surface area contributed by atoms with E-state index >= 15 is 0 Å². The van der Waals surface area contributed by atoms with E-state index in [1.165, 1.54) is 6.07 Å². The molecule has 0 bridgehead atoms. The maximum absolute atomic E-state index is 13.3. The van der Waals surface area contributed by atoms with Crippen LogP contribution in [0.3, 0.4) is 0 Å². The molecule has 1 aliphatic rings. The summed E-state index contributed by atoms with van der Waals surface area (Å²) in [5, 5.41) is 0. The van der Waals surface area contributed by atoms with E-state index in [-0.39, 0.29) is 11.5 Å². The predicted octanol–water partition coefficient (Wildman–Crippen LogP) is 2.27. The van der Waals surface area contributed by atoms with Crippen LogP contribution in [0, 0.1) is 11.7 Å². The van der Waals surface area contributed by atoms with E-state index in [0.717, 1.165) is 38.2 Å². The summed E-state index contributed by atoms with van der Waals surface area (Å²) in [6.45, 7) is 3.43. The number of nitrogens with two attached hydrogens (primary N) is 1. The molecular formula is C14H21FN2O. The number of hydrogen-bond donors (Lipinski definition) is 1. The average Bonchev–Trinajstić information content (AvgIpc) is 2.36. The molecule has 1 aromatic rings. The van der Waals surface area contributed by atoms with Crippen LogP contribution in [-0.4, -0.2) is 31.7 Å². The molecule has 2 rings (SSSR count). The van der Waals surface area contributed by atoms with Crippen molar-refractivity contribution in [3.8, 4) is 0 Å². The van der Waals surface area contributed by atoms with Crippen LogP contribution in [0.1, 0.15) is 18.4 Å². The molecule has 2 N–H and O–H groups in total. The number of anilines is 1. The summed E-state index contributed by atoms with van der Waals surface area (Å²) in [4.78, 5) is 2.21. The summed E-state index contributed by atoms with van der Waals surface area (Å²) in [5.41, 5.74) is 6.88. The second kappa shape index (κ2) is 6.16. The fraction of sp³-hybridized carbons (Fsp3) is 0.571. The summed E-state index contributed by atoms with van der Waals surface area (Å²) >= 11 is 0. The Balaban J connectivity index is 1.90. The minimum absolute atomic E-state index is 0.274. The first kappa shape index (κ1) is 13.3. The highest BCUT2D eigenvalue weighted by Gasteiger charge is 2.16. The molecule has 1 aromatic carbocycles. The van der Waals surface area contributed by atoms with Crippen molar-refractivity contribution in [1.29, 1.82) is 0 Å². The topological polar surface area (TPSA) is 38.5 Å². The van der Waals surface area contributed by atoms with Gasteiger partial charge in [-0.3, -0.25) is 0 Å². The van der Waals surface area contributed by atoms with Crippen molar-refractivity contribution in [2.24, 2.45) is 5.92 Å². The largest absolute Gasteiger partial charge is 0.396 e. The first-order valence-electron chi connectivity index (χ1n) is 6.46. The molecule has 0 aromatic heterocycles. The van der Waals surface area contributed by atoms with Gasteiger partial charge in [0.15, 0.2) is 0 Å². The molecule has 0 amide bonds. The number of hydrogen-bond acceptors (Lipinski definition) is 3.